The molecule has 0 bridgehead atoms. The van der Waals surface area contributed by atoms with Crippen LogP contribution in [0.1, 0.15) is 48.5 Å². The van der Waals surface area contributed by atoms with Crippen molar-refractivity contribution in [1.29, 1.82) is 0 Å². The highest BCUT2D eigenvalue weighted by Gasteiger charge is 2.31. The number of hydrogen-bond acceptors (Lipinski definition) is 7. The fourth-order valence-corrected chi connectivity index (χ4v) is 3.96. The normalized spacial score (nSPS) is 20.5. The molecule has 8 heteroatoms. The molecule has 1 fully saturated rings. The molecule has 2 aromatic heterocycles. The number of phenols is 1. The lowest BCUT2D eigenvalue weighted by molar-refractivity contribution is 0.0647. The van der Waals surface area contributed by atoms with Crippen molar-refractivity contribution in [1.82, 2.24) is 25.1 Å². The molecule has 0 spiro atoms. The topological polar surface area (TPSA) is 99.1 Å². The van der Waals surface area contributed by atoms with Crippen molar-refractivity contribution in [2.75, 3.05) is 13.2 Å². The molecule has 27 heavy (non-hydrogen) atoms. The standard InChI is InChI=1S/C19H21N5O3/c25-15-4-1-12(2-5-15)18-20-19(27-22-18)13-3-6-16-17(11-13)24(23-21-16)14-7-9-26-10-8-14/h1-2,4-5,13-14,25H,3,6-11H2. The van der Waals surface area contributed by atoms with Gasteiger partial charge in [0.1, 0.15) is 5.75 Å². The highest BCUT2D eigenvalue weighted by Crippen LogP contribution is 2.34. The third-order valence-corrected chi connectivity index (χ3v) is 5.49. The smallest absolute Gasteiger partial charge is 0.230 e. The van der Waals surface area contributed by atoms with E-state index in [0.29, 0.717) is 17.8 Å². The van der Waals surface area contributed by atoms with E-state index in [1.165, 1.54) is 5.69 Å². The molecule has 1 atom stereocenters. The van der Waals surface area contributed by atoms with Gasteiger partial charge in [-0.15, -0.1) is 5.10 Å². The molecular formula is C19H21N5O3. The van der Waals surface area contributed by atoms with Crippen LogP contribution in [0.15, 0.2) is 28.8 Å². The second-order valence-corrected chi connectivity index (χ2v) is 7.21. The first kappa shape index (κ1) is 16.4. The molecule has 1 aromatic carbocycles. The average Bonchev–Trinajstić information content (AvgIpc) is 3.36. The third kappa shape index (κ3) is 3.10. The molecule has 8 nitrogen and oxygen atoms in total. The number of fused-ring (bicyclic) bond motifs is 1. The number of aromatic hydroxyl groups is 1. The van der Waals surface area contributed by atoms with Gasteiger partial charge in [-0.05, 0) is 49.9 Å². The number of benzene rings is 1. The minimum Gasteiger partial charge on any atom is -0.508 e. The zero-order chi connectivity index (χ0) is 18.2. The Kier molecular flexibility index (Phi) is 4.12. The summed E-state index contributed by atoms with van der Waals surface area (Å²) in [6.45, 7) is 1.56. The first-order valence-corrected chi connectivity index (χ1v) is 9.41. The summed E-state index contributed by atoms with van der Waals surface area (Å²) in [5, 5.41) is 22.4. The van der Waals surface area contributed by atoms with Crippen LogP contribution in [0, 0.1) is 0 Å². The fraction of sp³-hybridized carbons (Fsp3) is 0.474. The lowest BCUT2D eigenvalue weighted by Gasteiger charge is -2.26. The Bertz CT molecular complexity index is 927. The van der Waals surface area contributed by atoms with E-state index in [9.17, 15) is 5.11 Å². The molecule has 2 aliphatic rings. The van der Waals surface area contributed by atoms with Crippen LogP contribution in [0.25, 0.3) is 11.4 Å². The zero-order valence-corrected chi connectivity index (χ0v) is 14.9. The SMILES string of the molecule is Oc1ccc(-c2noc(C3CCc4nnn(C5CCOCC5)c4C3)n2)cc1. The number of ether oxygens (including phenoxy) is 1. The average molecular weight is 367 g/mol. The van der Waals surface area contributed by atoms with E-state index in [0.717, 1.165) is 56.6 Å². The lowest BCUT2D eigenvalue weighted by Crippen LogP contribution is -2.24. The highest BCUT2D eigenvalue weighted by atomic mass is 16.5. The summed E-state index contributed by atoms with van der Waals surface area (Å²) in [6.07, 6.45) is 4.58. The minimum absolute atomic E-state index is 0.174. The van der Waals surface area contributed by atoms with Crippen molar-refractivity contribution in [3.05, 3.63) is 41.5 Å². The number of aryl methyl sites for hydroxylation is 1. The molecule has 1 N–H and O–H groups in total. The number of aromatic nitrogens is 5. The van der Waals surface area contributed by atoms with Crippen LogP contribution in [-0.2, 0) is 17.6 Å². The first-order chi connectivity index (χ1) is 13.3. The van der Waals surface area contributed by atoms with Crippen molar-refractivity contribution < 1.29 is 14.4 Å². The van der Waals surface area contributed by atoms with Gasteiger partial charge in [0.2, 0.25) is 11.7 Å². The maximum atomic E-state index is 9.43. The predicted molar refractivity (Wildman–Crippen MR) is 95.3 cm³/mol. The van der Waals surface area contributed by atoms with Crippen LogP contribution >= 0.6 is 0 Å². The van der Waals surface area contributed by atoms with Gasteiger partial charge in [0.25, 0.3) is 0 Å². The van der Waals surface area contributed by atoms with E-state index in [-0.39, 0.29) is 11.7 Å². The van der Waals surface area contributed by atoms with Crippen LogP contribution in [0.2, 0.25) is 0 Å². The summed E-state index contributed by atoms with van der Waals surface area (Å²) < 4.78 is 13.1. The van der Waals surface area contributed by atoms with E-state index in [2.05, 4.69) is 25.1 Å². The molecule has 1 aliphatic carbocycles. The van der Waals surface area contributed by atoms with Gasteiger partial charge in [-0.25, -0.2) is 4.68 Å². The van der Waals surface area contributed by atoms with Gasteiger partial charge in [0.05, 0.1) is 17.4 Å². The van der Waals surface area contributed by atoms with E-state index in [1.54, 1.807) is 24.3 Å². The quantitative estimate of drug-likeness (QED) is 0.760. The summed E-state index contributed by atoms with van der Waals surface area (Å²) in [7, 11) is 0. The van der Waals surface area contributed by atoms with Gasteiger partial charge in [0.15, 0.2) is 0 Å². The fourth-order valence-electron chi connectivity index (χ4n) is 3.96. The Hall–Kier alpha value is -2.74. The van der Waals surface area contributed by atoms with E-state index < -0.39 is 0 Å². The predicted octanol–water partition coefficient (Wildman–Crippen LogP) is 2.66. The van der Waals surface area contributed by atoms with Crippen molar-refractivity contribution in [2.24, 2.45) is 0 Å². The number of phenolic OH excluding ortho intramolecular Hbond substituents is 1. The molecule has 0 amide bonds. The van der Waals surface area contributed by atoms with Crippen LogP contribution in [0.3, 0.4) is 0 Å². The Labute approximate surface area is 156 Å². The van der Waals surface area contributed by atoms with Crippen LogP contribution in [-0.4, -0.2) is 43.5 Å². The number of rotatable bonds is 3. The van der Waals surface area contributed by atoms with Gasteiger partial charge in [-0.1, -0.05) is 10.4 Å². The summed E-state index contributed by atoms with van der Waals surface area (Å²) in [6, 6.07) is 7.18. The Morgan fingerprint density at radius 1 is 1.07 bits per heavy atom. The zero-order valence-electron chi connectivity index (χ0n) is 14.9. The first-order valence-electron chi connectivity index (χ1n) is 9.41. The van der Waals surface area contributed by atoms with Crippen LogP contribution in [0.5, 0.6) is 5.75 Å². The maximum Gasteiger partial charge on any atom is 0.230 e. The van der Waals surface area contributed by atoms with Gasteiger partial charge in [-0.2, -0.15) is 4.98 Å². The Morgan fingerprint density at radius 3 is 2.70 bits per heavy atom. The molecule has 140 valence electrons. The van der Waals surface area contributed by atoms with Crippen molar-refractivity contribution >= 4 is 0 Å². The molecule has 5 rings (SSSR count). The minimum atomic E-state index is 0.174. The summed E-state index contributed by atoms with van der Waals surface area (Å²) in [5.74, 6) is 1.60. The third-order valence-electron chi connectivity index (χ3n) is 5.49. The van der Waals surface area contributed by atoms with Gasteiger partial charge < -0.3 is 14.4 Å². The summed E-state index contributed by atoms with van der Waals surface area (Å²) >= 11 is 0. The van der Waals surface area contributed by atoms with Crippen molar-refractivity contribution in [3.8, 4) is 17.1 Å². The van der Waals surface area contributed by atoms with E-state index >= 15 is 0 Å². The van der Waals surface area contributed by atoms with E-state index in [1.807, 2.05) is 0 Å². The number of nitrogens with zero attached hydrogens (tertiary/aromatic N) is 5. The molecule has 0 saturated carbocycles. The van der Waals surface area contributed by atoms with Gasteiger partial charge >= 0.3 is 0 Å². The van der Waals surface area contributed by atoms with Gasteiger partial charge in [-0.3, -0.25) is 0 Å². The highest BCUT2D eigenvalue weighted by molar-refractivity contribution is 5.55. The monoisotopic (exact) mass is 367 g/mol. The second kappa shape index (κ2) is 6.77. The Morgan fingerprint density at radius 2 is 1.89 bits per heavy atom. The molecule has 3 aromatic rings. The van der Waals surface area contributed by atoms with Gasteiger partial charge in [0, 0.05) is 31.1 Å². The largest absolute Gasteiger partial charge is 0.508 e. The van der Waals surface area contributed by atoms with E-state index in [4.69, 9.17) is 9.26 Å². The maximum absolute atomic E-state index is 9.43. The molecule has 0 radical (unpaired) electrons. The van der Waals surface area contributed by atoms with Crippen molar-refractivity contribution in [2.45, 2.75) is 44.1 Å². The summed E-state index contributed by atoms with van der Waals surface area (Å²) in [4.78, 5) is 4.60. The van der Waals surface area contributed by atoms with Crippen molar-refractivity contribution in [3.63, 3.8) is 0 Å². The molecule has 1 aliphatic heterocycles. The molecule has 1 saturated heterocycles. The lowest BCUT2D eigenvalue weighted by atomic mass is 9.89. The van der Waals surface area contributed by atoms with Crippen LogP contribution in [0.4, 0.5) is 0 Å². The summed E-state index contributed by atoms with van der Waals surface area (Å²) in [5.41, 5.74) is 3.12. The molecular weight excluding hydrogens is 346 g/mol. The molecule has 3 heterocycles. The van der Waals surface area contributed by atoms with Crippen LogP contribution < -0.4 is 0 Å². The Balaban J connectivity index is 1.38. The second-order valence-electron chi connectivity index (χ2n) is 7.21. The number of hydrogen-bond donors (Lipinski definition) is 1. The molecule has 1 unspecified atom stereocenters.